The Morgan fingerprint density at radius 3 is 2.59 bits per heavy atom. The second kappa shape index (κ2) is 12.0. The van der Waals surface area contributed by atoms with Gasteiger partial charge in [-0.15, -0.1) is 0 Å². The summed E-state index contributed by atoms with van der Waals surface area (Å²) in [6.07, 6.45) is 5.78. The third-order valence-corrected chi connectivity index (χ3v) is 5.84. The van der Waals surface area contributed by atoms with Gasteiger partial charge in [0.05, 0.1) is 46.6 Å². The molecule has 0 bridgehead atoms. The molecule has 10 heteroatoms. The topological polar surface area (TPSA) is 108 Å². The van der Waals surface area contributed by atoms with Crippen LogP contribution in [0.25, 0.3) is 5.69 Å². The highest BCUT2D eigenvalue weighted by Gasteiger charge is 2.20. The molecule has 0 fully saturated rings. The predicted octanol–water partition coefficient (Wildman–Crippen LogP) is 3.80. The van der Waals surface area contributed by atoms with Crippen molar-refractivity contribution in [2.45, 2.75) is 46.1 Å². The van der Waals surface area contributed by atoms with Gasteiger partial charge < -0.3 is 4.74 Å². The molecule has 3 rings (SSSR count). The number of hydrogen-bond acceptors (Lipinski definition) is 6. The van der Waals surface area contributed by atoms with Crippen molar-refractivity contribution in [3.8, 4) is 5.69 Å². The minimum atomic E-state index is -0.516. The number of aromatic nitrogens is 4. The molecule has 1 N–H and O–H groups in total. The van der Waals surface area contributed by atoms with Gasteiger partial charge in [0.15, 0.2) is 0 Å². The standard InChI is InChI=1S/C27H36N6O4/c1-19(2)18-37-27(36)29-22-10-7-9-21(15-22)20(3)26-24(34)12-14-32(30-26)23-16-28-31(17-23)13-8-11-25(35)33(4,5)6/h7,9-10,12,14-17,19-20H,8,11,13,18H2,1-6H3/p+1. The van der Waals surface area contributed by atoms with E-state index in [9.17, 15) is 14.4 Å². The van der Waals surface area contributed by atoms with Crippen LogP contribution >= 0.6 is 0 Å². The number of ether oxygens (including phenoxy) is 1. The van der Waals surface area contributed by atoms with Crippen LogP contribution in [0.2, 0.25) is 0 Å². The predicted molar refractivity (Wildman–Crippen MR) is 142 cm³/mol. The second-order valence-corrected chi connectivity index (χ2v) is 10.4. The van der Waals surface area contributed by atoms with Crippen LogP contribution in [0.1, 0.15) is 50.8 Å². The first kappa shape index (κ1) is 27.8. The highest BCUT2D eigenvalue weighted by molar-refractivity contribution is 5.84. The largest absolute Gasteiger partial charge is 0.449 e. The van der Waals surface area contributed by atoms with Crippen molar-refractivity contribution >= 4 is 17.7 Å². The summed E-state index contributed by atoms with van der Waals surface area (Å²) in [5, 5.41) is 11.7. The Kier molecular flexibility index (Phi) is 8.99. The molecule has 3 aromatic rings. The maximum absolute atomic E-state index is 12.7. The zero-order valence-electron chi connectivity index (χ0n) is 22.5. The minimum Gasteiger partial charge on any atom is -0.449 e. The third-order valence-electron chi connectivity index (χ3n) is 5.84. The number of anilines is 1. The van der Waals surface area contributed by atoms with Gasteiger partial charge in [-0.2, -0.15) is 10.2 Å². The molecule has 1 unspecified atom stereocenters. The van der Waals surface area contributed by atoms with E-state index < -0.39 is 6.09 Å². The van der Waals surface area contributed by atoms with Gasteiger partial charge in [0.1, 0.15) is 11.4 Å². The van der Waals surface area contributed by atoms with Gasteiger partial charge in [-0.1, -0.05) is 32.9 Å². The summed E-state index contributed by atoms with van der Waals surface area (Å²) in [5.74, 6) is 0.0947. The van der Waals surface area contributed by atoms with Crippen molar-refractivity contribution in [3.63, 3.8) is 0 Å². The molecule has 37 heavy (non-hydrogen) atoms. The molecule has 0 aliphatic heterocycles. The van der Waals surface area contributed by atoms with E-state index in [-0.39, 0.29) is 23.2 Å². The van der Waals surface area contributed by atoms with Gasteiger partial charge in [0, 0.05) is 30.4 Å². The van der Waals surface area contributed by atoms with Crippen LogP contribution in [0.15, 0.2) is 53.7 Å². The lowest BCUT2D eigenvalue weighted by Crippen LogP contribution is -2.41. The molecule has 0 saturated carbocycles. The van der Waals surface area contributed by atoms with Gasteiger partial charge in [-0.25, -0.2) is 14.3 Å². The van der Waals surface area contributed by atoms with Crippen molar-refractivity contribution in [2.24, 2.45) is 5.92 Å². The second-order valence-electron chi connectivity index (χ2n) is 10.4. The summed E-state index contributed by atoms with van der Waals surface area (Å²) in [4.78, 5) is 36.9. The lowest BCUT2D eigenvalue weighted by atomic mass is 9.97. The molecule has 1 atom stereocenters. The number of nitrogens with zero attached hydrogens (tertiary/aromatic N) is 5. The van der Waals surface area contributed by atoms with E-state index in [1.807, 2.05) is 66.3 Å². The fourth-order valence-electron chi connectivity index (χ4n) is 3.63. The Morgan fingerprint density at radius 1 is 1.14 bits per heavy atom. The quantitative estimate of drug-likeness (QED) is 0.417. The van der Waals surface area contributed by atoms with Gasteiger partial charge in [0.2, 0.25) is 5.43 Å². The normalized spacial score (nSPS) is 12.4. The van der Waals surface area contributed by atoms with Crippen LogP contribution in [0.3, 0.4) is 0 Å². The molecule has 0 aliphatic rings. The van der Waals surface area contributed by atoms with Gasteiger partial charge >= 0.3 is 12.0 Å². The van der Waals surface area contributed by atoms with Crippen LogP contribution < -0.4 is 10.7 Å². The Hall–Kier alpha value is -3.79. The molecular formula is C27H37N6O4+. The summed E-state index contributed by atoms with van der Waals surface area (Å²) in [5.41, 5.74) is 2.34. The first-order chi connectivity index (χ1) is 17.4. The van der Waals surface area contributed by atoms with Crippen LogP contribution in [0.4, 0.5) is 10.5 Å². The molecular weight excluding hydrogens is 472 g/mol. The van der Waals surface area contributed by atoms with E-state index in [0.29, 0.717) is 41.9 Å². The van der Waals surface area contributed by atoms with Crippen molar-refractivity contribution in [3.05, 3.63) is 70.4 Å². The lowest BCUT2D eigenvalue weighted by molar-refractivity contribution is -0.792. The van der Waals surface area contributed by atoms with E-state index >= 15 is 0 Å². The number of quaternary nitrogens is 1. The fraction of sp³-hybridized carbons (Fsp3) is 0.444. The average molecular weight is 510 g/mol. The molecule has 0 aliphatic carbocycles. The zero-order valence-corrected chi connectivity index (χ0v) is 22.5. The molecule has 10 nitrogen and oxygen atoms in total. The summed E-state index contributed by atoms with van der Waals surface area (Å²) >= 11 is 0. The smallest absolute Gasteiger partial charge is 0.411 e. The molecule has 198 valence electrons. The van der Waals surface area contributed by atoms with Gasteiger partial charge in [-0.05, 0) is 30.0 Å². The van der Waals surface area contributed by atoms with Crippen molar-refractivity contribution in [1.82, 2.24) is 19.6 Å². The molecule has 2 aromatic heterocycles. The molecule has 0 spiro atoms. The number of benzene rings is 1. The van der Waals surface area contributed by atoms with Gasteiger partial charge in [-0.3, -0.25) is 19.3 Å². The average Bonchev–Trinajstić information content (AvgIpc) is 3.31. The number of rotatable bonds is 10. The fourth-order valence-corrected chi connectivity index (χ4v) is 3.63. The maximum atomic E-state index is 12.7. The van der Waals surface area contributed by atoms with Crippen molar-refractivity contribution in [2.75, 3.05) is 33.1 Å². The van der Waals surface area contributed by atoms with E-state index in [1.165, 1.54) is 6.07 Å². The number of nitrogens with one attached hydrogen (secondary N) is 1. The monoisotopic (exact) mass is 509 g/mol. The Morgan fingerprint density at radius 2 is 1.89 bits per heavy atom. The summed E-state index contributed by atoms with van der Waals surface area (Å²) in [6, 6.07) is 8.78. The number of carbonyl (C=O) groups is 2. The molecule has 2 heterocycles. The highest BCUT2D eigenvalue weighted by atomic mass is 16.5. The molecule has 2 amide bonds. The van der Waals surface area contributed by atoms with Crippen LogP contribution in [-0.4, -0.2) is 63.8 Å². The summed E-state index contributed by atoms with van der Waals surface area (Å²) < 4.78 is 8.88. The number of carbonyl (C=O) groups excluding carboxylic acids is 2. The van der Waals surface area contributed by atoms with Crippen LogP contribution in [-0.2, 0) is 16.1 Å². The van der Waals surface area contributed by atoms with Crippen LogP contribution in [0, 0.1) is 5.92 Å². The minimum absolute atomic E-state index is 0.166. The molecule has 0 saturated heterocycles. The highest BCUT2D eigenvalue weighted by Crippen LogP contribution is 2.23. The van der Waals surface area contributed by atoms with Crippen molar-refractivity contribution < 1.29 is 18.8 Å². The summed E-state index contributed by atoms with van der Waals surface area (Å²) in [7, 11) is 5.59. The molecule has 1 aromatic carbocycles. The Bertz CT molecular complexity index is 1290. The van der Waals surface area contributed by atoms with E-state index in [4.69, 9.17) is 4.74 Å². The summed E-state index contributed by atoms with van der Waals surface area (Å²) in [6.45, 7) is 6.78. The Labute approximate surface area is 217 Å². The lowest BCUT2D eigenvalue weighted by Gasteiger charge is -2.20. The van der Waals surface area contributed by atoms with Crippen molar-refractivity contribution in [1.29, 1.82) is 0 Å². The Balaban J connectivity index is 1.72. The number of hydrogen-bond donors (Lipinski definition) is 1. The number of amides is 2. The van der Waals surface area contributed by atoms with E-state index in [2.05, 4.69) is 15.5 Å². The SMILES string of the molecule is CC(C)COC(=O)Nc1cccc(C(C)c2nn(-c3cnn(CCCC(=O)[N+](C)(C)C)c3)ccc2=O)c1. The zero-order chi connectivity index (χ0) is 27.2. The van der Waals surface area contributed by atoms with Crippen LogP contribution in [0.5, 0.6) is 0 Å². The first-order valence-electron chi connectivity index (χ1n) is 12.5. The molecule has 0 radical (unpaired) electrons. The number of aryl methyl sites for hydroxylation is 1. The van der Waals surface area contributed by atoms with E-state index in [1.54, 1.807) is 27.8 Å². The van der Waals surface area contributed by atoms with Gasteiger partial charge in [0.25, 0.3) is 0 Å². The third kappa shape index (κ3) is 7.85. The van der Waals surface area contributed by atoms with E-state index in [0.717, 1.165) is 11.3 Å². The maximum Gasteiger partial charge on any atom is 0.411 e. The first-order valence-corrected chi connectivity index (χ1v) is 12.5.